The zero-order valence-electron chi connectivity index (χ0n) is 8.38. The Kier molecular flexibility index (Phi) is 4.38. The van der Waals surface area contributed by atoms with Crippen molar-refractivity contribution in [1.82, 2.24) is 19.9 Å². The van der Waals surface area contributed by atoms with Crippen LogP contribution in [0.25, 0.3) is 0 Å². The van der Waals surface area contributed by atoms with Crippen molar-refractivity contribution in [3.63, 3.8) is 0 Å². The zero-order chi connectivity index (χ0) is 12.0. The third-order valence-corrected chi connectivity index (χ3v) is 3.12. The van der Waals surface area contributed by atoms with Crippen LogP contribution in [0.5, 0.6) is 0 Å². The molecule has 16 heavy (non-hydrogen) atoms. The van der Waals surface area contributed by atoms with Crippen LogP contribution in [-0.2, 0) is 21.2 Å². The Hall–Kier alpha value is -1.48. The van der Waals surface area contributed by atoms with Gasteiger partial charge in [0.1, 0.15) is 12.2 Å². The van der Waals surface area contributed by atoms with Gasteiger partial charge in [-0.2, -0.15) is 5.10 Å². The Bertz CT molecular complexity index is 427. The van der Waals surface area contributed by atoms with E-state index >= 15 is 0 Å². The van der Waals surface area contributed by atoms with Crippen LogP contribution in [0.4, 0.5) is 0 Å². The molecular formula is C7H12N4O4S. The summed E-state index contributed by atoms with van der Waals surface area (Å²) in [6.45, 7) is 0.164. The van der Waals surface area contributed by atoms with Gasteiger partial charge < -0.3 is 5.11 Å². The SMILES string of the molecule is O=C(O)CCS(=O)(=O)NCCc1ncn[nH]1. The summed E-state index contributed by atoms with van der Waals surface area (Å²) >= 11 is 0. The second-order valence-electron chi connectivity index (χ2n) is 3.04. The maximum absolute atomic E-state index is 11.2. The van der Waals surface area contributed by atoms with E-state index in [-0.39, 0.29) is 6.54 Å². The van der Waals surface area contributed by atoms with Gasteiger partial charge in [-0.3, -0.25) is 9.89 Å². The number of hydrogen-bond donors (Lipinski definition) is 3. The molecule has 0 radical (unpaired) electrons. The zero-order valence-corrected chi connectivity index (χ0v) is 9.20. The lowest BCUT2D eigenvalue weighted by Gasteiger charge is -2.03. The van der Waals surface area contributed by atoms with Gasteiger partial charge in [0.2, 0.25) is 10.0 Å². The summed E-state index contributed by atoms with van der Waals surface area (Å²) in [5, 5.41) is 14.5. The number of rotatable bonds is 7. The standard InChI is InChI=1S/C7H12N4O4S/c12-7(13)2-4-16(14,15)10-3-1-6-8-5-9-11-6/h5,10H,1-4H2,(H,12,13)(H,8,9,11). The van der Waals surface area contributed by atoms with Gasteiger partial charge in [-0.05, 0) is 0 Å². The fourth-order valence-corrected chi connectivity index (χ4v) is 1.97. The molecule has 0 aliphatic carbocycles. The van der Waals surface area contributed by atoms with Crippen molar-refractivity contribution in [2.75, 3.05) is 12.3 Å². The molecule has 8 nitrogen and oxygen atoms in total. The summed E-state index contributed by atoms with van der Waals surface area (Å²) in [6, 6.07) is 0. The van der Waals surface area contributed by atoms with Gasteiger partial charge in [0.05, 0.1) is 12.2 Å². The molecule has 1 rings (SSSR count). The number of sulfonamides is 1. The van der Waals surface area contributed by atoms with Gasteiger partial charge in [-0.1, -0.05) is 0 Å². The van der Waals surface area contributed by atoms with Crippen molar-refractivity contribution in [2.24, 2.45) is 0 Å². The number of carbonyl (C=O) groups is 1. The van der Waals surface area contributed by atoms with E-state index in [1.54, 1.807) is 0 Å². The Morgan fingerprint density at radius 1 is 1.56 bits per heavy atom. The number of hydrogen-bond acceptors (Lipinski definition) is 5. The topological polar surface area (TPSA) is 125 Å². The van der Waals surface area contributed by atoms with Crippen molar-refractivity contribution in [2.45, 2.75) is 12.8 Å². The van der Waals surface area contributed by atoms with Crippen LogP contribution in [-0.4, -0.2) is 47.0 Å². The number of H-pyrrole nitrogens is 1. The molecule has 0 saturated heterocycles. The molecule has 3 N–H and O–H groups in total. The van der Waals surface area contributed by atoms with E-state index in [9.17, 15) is 13.2 Å². The lowest BCUT2D eigenvalue weighted by molar-refractivity contribution is -0.136. The first-order valence-corrected chi connectivity index (χ1v) is 6.18. The minimum absolute atomic E-state index is 0.164. The van der Waals surface area contributed by atoms with Crippen LogP contribution in [0, 0.1) is 0 Å². The van der Waals surface area contributed by atoms with E-state index < -0.39 is 28.2 Å². The first-order chi connectivity index (χ1) is 7.49. The molecule has 1 heterocycles. The van der Waals surface area contributed by atoms with Gasteiger partial charge in [0.15, 0.2) is 0 Å². The Balaban J connectivity index is 2.28. The molecule has 0 bridgehead atoms. The van der Waals surface area contributed by atoms with Gasteiger partial charge in [-0.25, -0.2) is 18.1 Å². The van der Waals surface area contributed by atoms with Crippen LogP contribution in [0.2, 0.25) is 0 Å². The minimum atomic E-state index is -3.52. The first kappa shape index (κ1) is 12.6. The van der Waals surface area contributed by atoms with E-state index in [2.05, 4.69) is 19.9 Å². The molecule has 0 spiro atoms. The number of carboxylic acids is 1. The second-order valence-corrected chi connectivity index (χ2v) is 4.97. The van der Waals surface area contributed by atoms with E-state index in [1.165, 1.54) is 6.33 Å². The molecule has 0 saturated carbocycles. The summed E-state index contributed by atoms with van der Waals surface area (Å²) in [6.07, 6.45) is 1.30. The number of nitrogens with one attached hydrogen (secondary N) is 2. The summed E-state index contributed by atoms with van der Waals surface area (Å²) < 4.78 is 24.8. The first-order valence-electron chi connectivity index (χ1n) is 4.53. The molecule has 0 aliphatic rings. The molecule has 0 aromatic carbocycles. The third kappa shape index (κ3) is 4.84. The summed E-state index contributed by atoms with van der Waals surface area (Å²) in [7, 11) is -3.52. The van der Waals surface area contributed by atoms with Crippen LogP contribution in [0.15, 0.2) is 6.33 Å². The highest BCUT2D eigenvalue weighted by molar-refractivity contribution is 7.89. The van der Waals surface area contributed by atoms with Crippen molar-refractivity contribution >= 4 is 16.0 Å². The highest BCUT2D eigenvalue weighted by atomic mass is 32.2. The molecule has 9 heteroatoms. The maximum atomic E-state index is 11.2. The van der Waals surface area contributed by atoms with E-state index in [1.807, 2.05) is 0 Å². The fraction of sp³-hybridized carbons (Fsp3) is 0.571. The van der Waals surface area contributed by atoms with E-state index in [0.29, 0.717) is 12.2 Å². The van der Waals surface area contributed by atoms with Gasteiger partial charge in [0.25, 0.3) is 0 Å². The highest BCUT2D eigenvalue weighted by Gasteiger charge is 2.12. The van der Waals surface area contributed by atoms with Gasteiger partial charge in [-0.15, -0.1) is 0 Å². The van der Waals surface area contributed by atoms with Crippen LogP contribution in [0.1, 0.15) is 12.2 Å². The molecule has 90 valence electrons. The normalized spacial score (nSPS) is 11.5. The lowest BCUT2D eigenvalue weighted by atomic mass is 10.4. The number of carboxylic acid groups (broad SMARTS) is 1. The Labute approximate surface area is 92.1 Å². The van der Waals surface area contributed by atoms with Crippen molar-refractivity contribution in [3.05, 3.63) is 12.2 Å². The van der Waals surface area contributed by atoms with Crippen LogP contribution in [0.3, 0.4) is 0 Å². The predicted molar refractivity (Wildman–Crippen MR) is 54.1 cm³/mol. The molecule has 1 aromatic heterocycles. The molecular weight excluding hydrogens is 236 g/mol. The fourth-order valence-electron chi connectivity index (χ4n) is 0.970. The van der Waals surface area contributed by atoms with Crippen molar-refractivity contribution < 1.29 is 18.3 Å². The molecule has 0 unspecified atom stereocenters. The molecule has 0 amide bonds. The van der Waals surface area contributed by atoms with E-state index in [4.69, 9.17) is 5.11 Å². The van der Waals surface area contributed by atoms with Gasteiger partial charge in [0, 0.05) is 13.0 Å². The average molecular weight is 248 g/mol. The molecule has 1 aromatic rings. The Morgan fingerprint density at radius 3 is 2.88 bits per heavy atom. The summed E-state index contributed by atoms with van der Waals surface area (Å²) in [4.78, 5) is 14.0. The predicted octanol–water partition coefficient (Wildman–Crippen LogP) is -1.26. The average Bonchev–Trinajstić information content (AvgIpc) is 2.68. The third-order valence-electron chi connectivity index (χ3n) is 1.73. The molecule has 0 atom stereocenters. The Morgan fingerprint density at radius 2 is 2.31 bits per heavy atom. The van der Waals surface area contributed by atoms with Crippen LogP contribution >= 0.6 is 0 Å². The smallest absolute Gasteiger partial charge is 0.304 e. The monoisotopic (exact) mass is 248 g/mol. The summed E-state index contributed by atoms with van der Waals surface area (Å²) in [5.74, 6) is -0.986. The quantitative estimate of drug-likeness (QED) is 0.553. The molecule has 0 aliphatic heterocycles. The summed E-state index contributed by atoms with van der Waals surface area (Å²) in [5.41, 5.74) is 0. The van der Waals surface area contributed by atoms with Crippen LogP contribution < -0.4 is 4.72 Å². The van der Waals surface area contributed by atoms with Gasteiger partial charge >= 0.3 is 5.97 Å². The largest absolute Gasteiger partial charge is 0.481 e. The second kappa shape index (κ2) is 5.56. The molecule has 0 fully saturated rings. The maximum Gasteiger partial charge on any atom is 0.304 e. The number of aromatic amines is 1. The van der Waals surface area contributed by atoms with Crippen molar-refractivity contribution in [3.8, 4) is 0 Å². The number of nitrogens with zero attached hydrogens (tertiary/aromatic N) is 2. The minimum Gasteiger partial charge on any atom is -0.481 e. The van der Waals surface area contributed by atoms with E-state index in [0.717, 1.165) is 0 Å². The number of aliphatic carboxylic acids is 1. The number of aromatic nitrogens is 3. The highest BCUT2D eigenvalue weighted by Crippen LogP contribution is 1.91. The lowest BCUT2D eigenvalue weighted by Crippen LogP contribution is -2.29. The van der Waals surface area contributed by atoms with Crippen molar-refractivity contribution in [1.29, 1.82) is 0 Å².